The molecule has 0 atom stereocenters. The van der Waals surface area contributed by atoms with Crippen LogP contribution in [0.3, 0.4) is 0 Å². The molecule has 0 aliphatic carbocycles. The summed E-state index contributed by atoms with van der Waals surface area (Å²) in [5.74, 6) is -0.234. The Labute approximate surface area is 176 Å². The second-order valence-electron chi connectivity index (χ2n) is 7.00. The SMILES string of the molecule is Nc1ccccc1NC(=O)C/C=C/CCNC(=O)c1ccc(N2CCOCC2)cc1. The van der Waals surface area contributed by atoms with Crippen LogP contribution >= 0.6 is 0 Å². The van der Waals surface area contributed by atoms with Crippen LogP contribution in [0.15, 0.2) is 60.7 Å². The minimum atomic E-state index is -0.131. The molecule has 2 aromatic carbocycles. The number of nitrogens with one attached hydrogen (secondary N) is 2. The molecular formula is C23H28N4O3. The van der Waals surface area contributed by atoms with Gasteiger partial charge in [-0.05, 0) is 42.8 Å². The van der Waals surface area contributed by atoms with Gasteiger partial charge in [-0.2, -0.15) is 0 Å². The van der Waals surface area contributed by atoms with Crippen molar-refractivity contribution in [1.82, 2.24) is 5.32 Å². The van der Waals surface area contributed by atoms with Crippen molar-refractivity contribution in [3.05, 3.63) is 66.2 Å². The summed E-state index contributed by atoms with van der Waals surface area (Å²) < 4.78 is 5.36. The first-order valence-corrected chi connectivity index (χ1v) is 10.1. The van der Waals surface area contributed by atoms with Crippen LogP contribution in [0.1, 0.15) is 23.2 Å². The van der Waals surface area contributed by atoms with E-state index < -0.39 is 0 Å². The second-order valence-corrected chi connectivity index (χ2v) is 7.00. The molecule has 0 unspecified atom stereocenters. The highest BCUT2D eigenvalue weighted by molar-refractivity contribution is 5.95. The lowest BCUT2D eigenvalue weighted by Crippen LogP contribution is -2.36. The summed E-state index contributed by atoms with van der Waals surface area (Å²) in [6.45, 7) is 3.71. The number of benzene rings is 2. The lowest BCUT2D eigenvalue weighted by atomic mass is 10.1. The fraction of sp³-hybridized carbons (Fsp3) is 0.304. The molecule has 1 saturated heterocycles. The van der Waals surface area contributed by atoms with Gasteiger partial charge >= 0.3 is 0 Å². The number of carbonyl (C=O) groups is 2. The Morgan fingerprint density at radius 2 is 1.77 bits per heavy atom. The van der Waals surface area contributed by atoms with Crippen molar-refractivity contribution in [2.24, 2.45) is 0 Å². The number of ether oxygens (including phenoxy) is 1. The van der Waals surface area contributed by atoms with Crippen LogP contribution in [-0.4, -0.2) is 44.7 Å². The number of morpholine rings is 1. The summed E-state index contributed by atoms with van der Waals surface area (Å²) in [4.78, 5) is 26.4. The third-order valence-electron chi connectivity index (χ3n) is 4.81. The predicted molar refractivity (Wildman–Crippen MR) is 120 cm³/mol. The van der Waals surface area contributed by atoms with E-state index in [1.54, 1.807) is 18.2 Å². The van der Waals surface area contributed by atoms with Crippen molar-refractivity contribution in [1.29, 1.82) is 0 Å². The zero-order valence-corrected chi connectivity index (χ0v) is 17.0. The maximum Gasteiger partial charge on any atom is 0.251 e. The maximum absolute atomic E-state index is 12.3. The molecule has 1 heterocycles. The number of nitrogen functional groups attached to an aromatic ring is 1. The predicted octanol–water partition coefficient (Wildman–Crippen LogP) is 2.81. The lowest BCUT2D eigenvalue weighted by Gasteiger charge is -2.28. The van der Waals surface area contributed by atoms with Gasteiger partial charge in [-0.15, -0.1) is 0 Å². The van der Waals surface area contributed by atoms with Gasteiger partial charge in [-0.25, -0.2) is 0 Å². The Balaban J connectivity index is 1.35. The van der Waals surface area contributed by atoms with Crippen molar-refractivity contribution in [3.63, 3.8) is 0 Å². The first-order chi connectivity index (χ1) is 14.6. The summed E-state index contributed by atoms with van der Waals surface area (Å²) in [6, 6.07) is 14.8. The molecule has 3 rings (SSSR count). The van der Waals surface area contributed by atoms with Crippen LogP contribution < -0.4 is 21.3 Å². The van der Waals surface area contributed by atoms with Gasteiger partial charge in [-0.3, -0.25) is 9.59 Å². The number of anilines is 3. The number of rotatable bonds is 8. The molecule has 1 fully saturated rings. The van der Waals surface area contributed by atoms with E-state index in [0.717, 1.165) is 32.0 Å². The molecule has 2 aromatic rings. The van der Waals surface area contributed by atoms with E-state index in [4.69, 9.17) is 10.5 Å². The average molecular weight is 409 g/mol. The molecule has 1 aliphatic heterocycles. The average Bonchev–Trinajstić information content (AvgIpc) is 2.78. The normalized spacial score (nSPS) is 13.9. The van der Waals surface area contributed by atoms with E-state index in [1.807, 2.05) is 42.5 Å². The Morgan fingerprint density at radius 1 is 1.03 bits per heavy atom. The molecule has 0 bridgehead atoms. The first-order valence-electron chi connectivity index (χ1n) is 10.1. The van der Waals surface area contributed by atoms with Gasteiger partial charge in [0.25, 0.3) is 5.91 Å². The van der Waals surface area contributed by atoms with E-state index in [2.05, 4.69) is 15.5 Å². The van der Waals surface area contributed by atoms with E-state index in [0.29, 0.717) is 29.9 Å². The van der Waals surface area contributed by atoms with Gasteiger partial charge in [0.05, 0.1) is 24.6 Å². The monoisotopic (exact) mass is 408 g/mol. The fourth-order valence-corrected chi connectivity index (χ4v) is 3.14. The van der Waals surface area contributed by atoms with Crippen molar-refractivity contribution in [2.45, 2.75) is 12.8 Å². The number of nitrogens with two attached hydrogens (primary N) is 1. The Bertz CT molecular complexity index is 874. The molecule has 7 nitrogen and oxygen atoms in total. The molecule has 0 aromatic heterocycles. The summed E-state index contributed by atoms with van der Waals surface area (Å²) in [6.07, 6.45) is 4.58. The maximum atomic E-state index is 12.3. The van der Waals surface area contributed by atoms with Crippen molar-refractivity contribution >= 4 is 28.9 Å². The molecule has 158 valence electrons. The minimum Gasteiger partial charge on any atom is -0.397 e. The second kappa shape index (κ2) is 11.0. The topological polar surface area (TPSA) is 96.7 Å². The zero-order valence-electron chi connectivity index (χ0n) is 17.0. The molecule has 1 aliphatic rings. The van der Waals surface area contributed by atoms with Crippen molar-refractivity contribution < 1.29 is 14.3 Å². The number of amides is 2. The van der Waals surface area contributed by atoms with Gasteiger partial charge in [0.1, 0.15) is 0 Å². The van der Waals surface area contributed by atoms with Crippen LogP contribution in [0, 0.1) is 0 Å². The third-order valence-corrected chi connectivity index (χ3v) is 4.81. The largest absolute Gasteiger partial charge is 0.397 e. The highest BCUT2D eigenvalue weighted by atomic mass is 16.5. The summed E-state index contributed by atoms with van der Waals surface area (Å²) in [7, 11) is 0. The Hall–Kier alpha value is -3.32. The molecule has 0 radical (unpaired) electrons. The van der Waals surface area contributed by atoms with Crippen molar-refractivity contribution in [2.75, 3.05) is 48.8 Å². The minimum absolute atomic E-state index is 0.103. The molecule has 4 N–H and O–H groups in total. The van der Waals surface area contributed by atoms with Crippen LogP contribution in [0.25, 0.3) is 0 Å². The zero-order chi connectivity index (χ0) is 21.2. The molecule has 0 saturated carbocycles. The number of para-hydroxylation sites is 2. The molecule has 0 spiro atoms. The highest BCUT2D eigenvalue weighted by Gasteiger charge is 2.12. The molecule has 2 amide bonds. The Morgan fingerprint density at radius 3 is 2.50 bits per heavy atom. The van der Waals surface area contributed by atoms with Crippen LogP contribution in [0.2, 0.25) is 0 Å². The van der Waals surface area contributed by atoms with Crippen LogP contribution in [-0.2, 0) is 9.53 Å². The standard InChI is InChI=1S/C23H28N4O3/c24-20-6-3-4-7-21(20)26-22(28)8-2-1-5-13-25-23(29)18-9-11-19(12-10-18)27-14-16-30-17-15-27/h1-4,6-7,9-12H,5,8,13-17,24H2,(H,25,29)(H,26,28)/b2-1+. The third kappa shape index (κ3) is 6.35. The molecule has 7 heteroatoms. The number of carbonyl (C=O) groups excluding carboxylic acids is 2. The van der Waals surface area contributed by atoms with Gasteiger partial charge < -0.3 is 26.0 Å². The molecule has 30 heavy (non-hydrogen) atoms. The molecular weight excluding hydrogens is 380 g/mol. The van der Waals surface area contributed by atoms with Crippen molar-refractivity contribution in [3.8, 4) is 0 Å². The number of hydrogen-bond donors (Lipinski definition) is 3. The number of hydrogen-bond acceptors (Lipinski definition) is 5. The summed E-state index contributed by atoms with van der Waals surface area (Å²) in [5, 5.41) is 5.67. The fourth-order valence-electron chi connectivity index (χ4n) is 3.14. The van der Waals surface area contributed by atoms with Crippen LogP contribution in [0.5, 0.6) is 0 Å². The van der Waals surface area contributed by atoms with Gasteiger partial charge in [0.15, 0.2) is 0 Å². The smallest absolute Gasteiger partial charge is 0.251 e. The van der Waals surface area contributed by atoms with Gasteiger partial charge in [0, 0.05) is 37.3 Å². The van der Waals surface area contributed by atoms with Gasteiger partial charge in [0.2, 0.25) is 5.91 Å². The number of nitrogens with zero attached hydrogens (tertiary/aromatic N) is 1. The van der Waals surface area contributed by atoms with Crippen LogP contribution in [0.4, 0.5) is 17.1 Å². The van der Waals surface area contributed by atoms with E-state index in [-0.39, 0.29) is 18.2 Å². The summed E-state index contributed by atoms with van der Waals surface area (Å²) >= 11 is 0. The first kappa shape index (κ1) is 21.4. The van der Waals surface area contributed by atoms with E-state index >= 15 is 0 Å². The lowest BCUT2D eigenvalue weighted by molar-refractivity contribution is -0.115. The van der Waals surface area contributed by atoms with E-state index in [9.17, 15) is 9.59 Å². The van der Waals surface area contributed by atoms with Gasteiger partial charge in [-0.1, -0.05) is 24.3 Å². The Kier molecular flexibility index (Phi) is 7.86. The highest BCUT2D eigenvalue weighted by Crippen LogP contribution is 2.17. The quantitative estimate of drug-likeness (QED) is 0.355. The summed E-state index contributed by atoms with van der Waals surface area (Å²) in [5.41, 5.74) is 8.70. The van der Waals surface area contributed by atoms with E-state index in [1.165, 1.54) is 0 Å².